The van der Waals surface area contributed by atoms with Gasteiger partial charge >= 0.3 is 33.3 Å². The van der Waals surface area contributed by atoms with Crippen LogP contribution in [0.25, 0.3) is 0 Å². The van der Waals surface area contributed by atoms with E-state index in [9.17, 15) is 0 Å². The van der Waals surface area contributed by atoms with Crippen LogP contribution in [-0.2, 0) is 13.1 Å². The summed E-state index contributed by atoms with van der Waals surface area (Å²) in [5.74, 6) is 0. The van der Waals surface area contributed by atoms with Gasteiger partial charge in [-0.05, 0) is 57.4 Å². The second kappa shape index (κ2) is 11.5. The summed E-state index contributed by atoms with van der Waals surface area (Å²) in [7, 11) is 9.53. The molecule has 29 heavy (non-hydrogen) atoms. The van der Waals surface area contributed by atoms with Crippen LogP contribution in [0.1, 0.15) is 37.0 Å². The summed E-state index contributed by atoms with van der Waals surface area (Å²) >= 11 is 0.194. The van der Waals surface area contributed by atoms with Gasteiger partial charge in [0.1, 0.15) is 0 Å². The number of benzene rings is 2. The molecule has 3 nitrogen and oxygen atoms in total. The number of halogens is 2. The van der Waals surface area contributed by atoms with Crippen molar-refractivity contribution in [2.45, 2.75) is 41.0 Å². The normalized spacial score (nSPS) is 14.3. The van der Waals surface area contributed by atoms with Crippen molar-refractivity contribution in [1.29, 1.82) is 0 Å². The first-order chi connectivity index (χ1) is 13.9. The van der Waals surface area contributed by atoms with Gasteiger partial charge in [0.25, 0.3) is 0 Å². The number of hydrogen-bond donors (Lipinski definition) is 0. The van der Waals surface area contributed by atoms with E-state index in [4.69, 9.17) is 35.2 Å². The fourth-order valence-corrected chi connectivity index (χ4v) is 3.03. The molecule has 2 aromatic rings. The maximum atomic E-state index is 4.83. The quantitative estimate of drug-likeness (QED) is 0.326. The molecule has 2 aromatic carbocycles. The minimum absolute atomic E-state index is 0.194. The molecule has 1 aliphatic heterocycles. The van der Waals surface area contributed by atoms with E-state index in [0.29, 0.717) is 0 Å². The zero-order valence-electron chi connectivity index (χ0n) is 17.3. The van der Waals surface area contributed by atoms with Crippen molar-refractivity contribution >= 4 is 48.7 Å². The molecule has 6 heteroatoms. The van der Waals surface area contributed by atoms with Crippen molar-refractivity contribution in [2.24, 2.45) is 15.0 Å². The van der Waals surface area contributed by atoms with Gasteiger partial charge in [-0.25, -0.2) is 4.99 Å². The molecule has 0 atom stereocenters. The molecule has 0 amide bonds. The summed E-state index contributed by atoms with van der Waals surface area (Å²) in [6.07, 6.45) is 2.94. The van der Waals surface area contributed by atoms with E-state index in [2.05, 4.69) is 51.1 Å². The maximum absolute atomic E-state index is 4.83. The Kier molecular flexibility index (Phi) is 9.32. The Hall–Kier alpha value is -1.71. The van der Waals surface area contributed by atoms with Crippen LogP contribution in [0.3, 0.4) is 0 Å². The van der Waals surface area contributed by atoms with Crippen LogP contribution in [0.4, 0.5) is 11.4 Å². The van der Waals surface area contributed by atoms with Gasteiger partial charge in [0.05, 0.1) is 34.2 Å². The van der Waals surface area contributed by atoms with Crippen LogP contribution in [0.5, 0.6) is 0 Å². The van der Waals surface area contributed by atoms with E-state index in [1.165, 1.54) is 16.7 Å². The molecule has 1 aliphatic rings. The summed E-state index contributed by atoms with van der Waals surface area (Å²) in [6.45, 7) is 10.3. The van der Waals surface area contributed by atoms with Gasteiger partial charge in [0.2, 0.25) is 0 Å². The van der Waals surface area contributed by atoms with Crippen LogP contribution in [0.2, 0.25) is 0 Å². The monoisotopic (exact) mass is 469 g/mol. The SMILES string of the molecule is CC(=Nc1c(C)cccc1C)C1=CCC(C(C)=Nc2ccccc2C)=N1.[Cl][Fe][Cl]. The van der Waals surface area contributed by atoms with Gasteiger partial charge in [-0.15, -0.1) is 0 Å². The molecule has 0 saturated heterocycles. The van der Waals surface area contributed by atoms with Crippen LogP contribution in [0, 0.1) is 20.8 Å². The van der Waals surface area contributed by atoms with Gasteiger partial charge in [-0.3, -0.25) is 9.98 Å². The summed E-state index contributed by atoms with van der Waals surface area (Å²) in [5, 5.41) is 0. The third kappa shape index (κ3) is 6.65. The second-order valence-electron chi connectivity index (χ2n) is 6.82. The molecule has 0 aliphatic carbocycles. The minimum atomic E-state index is 0.194. The topological polar surface area (TPSA) is 37.1 Å². The van der Waals surface area contributed by atoms with Crippen LogP contribution < -0.4 is 0 Å². The second-order valence-corrected chi connectivity index (χ2v) is 8.65. The fourth-order valence-electron chi connectivity index (χ4n) is 3.03. The number of para-hydroxylation sites is 2. The third-order valence-electron chi connectivity index (χ3n) is 4.66. The van der Waals surface area contributed by atoms with Crippen molar-refractivity contribution < 1.29 is 13.1 Å². The zero-order valence-corrected chi connectivity index (χ0v) is 19.9. The zero-order chi connectivity index (χ0) is 21.4. The predicted octanol–water partition coefficient (Wildman–Crippen LogP) is 7.60. The number of allylic oxidation sites excluding steroid dienone is 2. The van der Waals surface area contributed by atoms with E-state index < -0.39 is 0 Å². The predicted molar refractivity (Wildman–Crippen MR) is 124 cm³/mol. The van der Waals surface area contributed by atoms with Crippen LogP contribution in [-0.4, -0.2) is 17.1 Å². The Balaban J connectivity index is 0.000000941. The average Bonchev–Trinajstić information content (AvgIpc) is 3.18. The first-order valence-corrected chi connectivity index (χ1v) is 12.3. The summed E-state index contributed by atoms with van der Waals surface area (Å²) in [5.41, 5.74) is 9.45. The molecule has 3 rings (SSSR count). The van der Waals surface area contributed by atoms with Crippen molar-refractivity contribution in [3.8, 4) is 0 Å². The molecule has 0 aromatic heterocycles. The Morgan fingerprint density at radius 2 is 1.45 bits per heavy atom. The number of aliphatic imine (C=N–C) groups is 3. The Morgan fingerprint density at radius 1 is 0.862 bits per heavy atom. The van der Waals surface area contributed by atoms with Gasteiger partial charge in [-0.1, -0.05) is 42.5 Å². The number of nitrogens with zero attached hydrogens (tertiary/aromatic N) is 3. The van der Waals surface area contributed by atoms with Gasteiger partial charge in [0.15, 0.2) is 0 Å². The molecule has 0 unspecified atom stereocenters. The van der Waals surface area contributed by atoms with E-state index in [-0.39, 0.29) is 13.1 Å². The molecular weight excluding hydrogens is 445 g/mol. The molecule has 1 heterocycles. The van der Waals surface area contributed by atoms with Gasteiger partial charge in [0, 0.05) is 6.42 Å². The first-order valence-electron chi connectivity index (χ1n) is 9.23. The van der Waals surface area contributed by atoms with Crippen molar-refractivity contribution in [3.05, 3.63) is 70.9 Å². The fraction of sp³-hybridized carbons (Fsp3) is 0.261. The van der Waals surface area contributed by atoms with E-state index >= 15 is 0 Å². The van der Waals surface area contributed by atoms with E-state index in [1.807, 2.05) is 32.0 Å². The molecule has 0 N–H and O–H groups in total. The average molecular weight is 470 g/mol. The van der Waals surface area contributed by atoms with Crippen molar-refractivity contribution in [2.75, 3.05) is 0 Å². The Bertz CT molecular complexity index is 971. The molecular formula is C23H25Cl2FeN3. The van der Waals surface area contributed by atoms with Crippen molar-refractivity contribution in [3.63, 3.8) is 0 Å². The Morgan fingerprint density at radius 3 is 2.07 bits per heavy atom. The third-order valence-corrected chi connectivity index (χ3v) is 4.66. The van der Waals surface area contributed by atoms with Gasteiger partial charge in [-0.2, -0.15) is 0 Å². The van der Waals surface area contributed by atoms with Crippen LogP contribution in [0.15, 0.2) is 69.2 Å². The number of aryl methyl sites for hydroxylation is 3. The molecule has 0 fully saturated rings. The van der Waals surface area contributed by atoms with Crippen molar-refractivity contribution in [1.82, 2.24) is 0 Å². The van der Waals surface area contributed by atoms with E-state index in [0.717, 1.165) is 40.6 Å². The van der Waals surface area contributed by atoms with Crippen LogP contribution >= 0.6 is 20.2 Å². The summed E-state index contributed by atoms with van der Waals surface area (Å²) in [4.78, 5) is 14.4. The molecule has 0 saturated carbocycles. The Labute approximate surface area is 188 Å². The van der Waals surface area contributed by atoms with Gasteiger partial charge < -0.3 is 0 Å². The molecule has 0 spiro atoms. The molecule has 0 bridgehead atoms. The standard InChI is InChI=1S/C23H25N3.2ClH.Fe/c1-15-9-6-7-12-20(15)24-18(4)21-13-14-22(26-21)19(5)25-23-16(2)10-8-11-17(23)3;;;/h6-12,14H,13H2,1-5H3;2*1H;/q;;;+2/p-2. The summed E-state index contributed by atoms with van der Waals surface area (Å²) < 4.78 is 0. The molecule has 0 radical (unpaired) electrons. The van der Waals surface area contributed by atoms with E-state index in [1.54, 1.807) is 0 Å². The summed E-state index contributed by atoms with van der Waals surface area (Å²) in [6, 6.07) is 14.4. The molecule has 154 valence electrons. The number of rotatable bonds is 4. The first kappa shape index (κ1) is 23.6. The number of hydrogen-bond acceptors (Lipinski definition) is 3.